The molecule has 0 radical (unpaired) electrons. The lowest BCUT2D eigenvalue weighted by Gasteiger charge is -2.26. The number of hydrogen-bond acceptors (Lipinski definition) is 4. The Kier molecular flexibility index (Phi) is 2.83. The molecule has 1 aromatic carbocycles. The summed E-state index contributed by atoms with van der Waals surface area (Å²) in [5, 5.41) is 3.46. The minimum atomic E-state index is 0.560. The lowest BCUT2D eigenvalue weighted by atomic mass is 10.1. The van der Waals surface area contributed by atoms with Gasteiger partial charge >= 0.3 is 0 Å². The van der Waals surface area contributed by atoms with Gasteiger partial charge in [0.15, 0.2) is 11.5 Å². The van der Waals surface area contributed by atoms with E-state index in [4.69, 9.17) is 14.5 Å². The Morgan fingerprint density at radius 3 is 2.45 bits per heavy atom. The molecule has 0 atom stereocenters. The summed E-state index contributed by atoms with van der Waals surface area (Å²) >= 11 is 0. The summed E-state index contributed by atoms with van der Waals surface area (Å²) in [5.41, 5.74) is 2.28. The van der Waals surface area contributed by atoms with Gasteiger partial charge in [0, 0.05) is 24.1 Å². The summed E-state index contributed by atoms with van der Waals surface area (Å²) in [6, 6.07) is 4.77. The van der Waals surface area contributed by atoms with E-state index in [1.807, 2.05) is 0 Å². The van der Waals surface area contributed by atoms with Crippen molar-refractivity contribution in [1.29, 1.82) is 0 Å². The first kappa shape index (κ1) is 12.8. The van der Waals surface area contributed by atoms with Crippen molar-refractivity contribution in [2.75, 3.05) is 26.3 Å². The van der Waals surface area contributed by atoms with Crippen LogP contribution in [0.4, 0.5) is 0 Å². The fraction of sp³-hybridized carbons (Fsp3) is 0.588. The summed E-state index contributed by atoms with van der Waals surface area (Å²) in [6.45, 7) is 3.45. The minimum absolute atomic E-state index is 0.560. The van der Waals surface area contributed by atoms with Crippen LogP contribution in [0.25, 0.3) is 11.0 Å². The molecule has 5 nitrogen and oxygen atoms in total. The van der Waals surface area contributed by atoms with Crippen molar-refractivity contribution >= 4 is 11.0 Å². The molecular formula is C17H21N3O2. The van der Waals surface area contributed by atoms with Crippen molar-refractivity contribution in [1.82, 2.24) is 14.9 Å². The first-order chi connectivity index (χ1) is 10.9. The van der Waals surface area contributed by atoms with Crippen LogP contribution in [0.5, 0.6) is 11.5 Å². The zero-order chi connectivity index (χ0) is 14.5. The van der Waals surface area contributed by atoms with Crippen molar-refractivity contribution < 1.29 is 9.47 Å². The van der Waals surface area contributed by atoms with Gasteiger partial charge in [0.1, 0.15) is 19.0 Å². The third-order valence-electron chi connectivity index (χ3n) is 5.00. The van der Waals surface area contributed by atoms with Crippen molar-refractivity contribution in [2.45, 2.75) is 37.6 Å². The van der Waals surface area contributed by atoms with Gasteiger partial charge in [0.2, 0.25) is 0 Å². The number of hydrogen-bond donors (Lipinski definition) is 1. The predicted octanol–water partition coefficient (Wildman–Crippen LogP) is 2.61. The van der Waals surface area contributed by atoms with Crippen molar-refractivity contribution in [3.63, 3.8) is 0 Å². The van der Waals surface area contributed by atoms with E-state index in [2.05, 4.69) is 22.0 Å². The molecule has 3 aliphatic rings. The molecule has 2 aliphatic heterocycles. The normalized spacial score (nSPS) is 22.2. The van der Waals surface area contributed by atoms with Gasteiger partial charge in [-0.1, -0.05) is 0 Å². The monoisotopic (exact) mass is 299 g/mol. The number of fused-ring (bicyclic) bond motifs is 2. The quantitative estimate of drug-likeness (QED) is 0.926. The molecule has 0 bridgehead atoms. The third-order valence-corrected chi connectivity index (χ3v) is 5.00. The Morgan fingerprint density at radius 1 is 1.00 bits per heavy atom. The smallest absolute Gasteiger partial charge is 0.163 e. The maximum Gasteiger partial charge on any atom is 0.163 e. The second kappa shape index (κ2) is 4.88. The number of benzene rings is 1. The predicted molar refractivity (Wildman–Crippen MR) is 83.8 cm³/mol. The summed E-state index contributed by atoms with van der Waals surface area (Å²) in [6.07, 6.45) is 4.92. The fourth-order valence-electron chi connectivity index (χ4n) is 3.73. The first-order valence-electron chi connectivity index (χ1n) is 8.42. The molecule has 0 spiro atoms. The summed E-state index contributed by atoms with van der Waals surface area (Å²) < 4.78 is 14.0. The van der Waals surface area contributed by atoms with Crippen molar-refractivity contribution in [3.8, 4) is 11.5 Å². The Hall–Kier alpha value is -1.75. The zero-order valence-corrected chi connectivity index (χ0v) is 12.7. The number of piperidine rings is 1. The maximum atomic E-state index is 5.78. The Labute approximate surface area is 129 Å². The van der Waals surface area contributed by atoms with Crippen molar-refractivity contribution in [3.05, 3.63) is 18.0 Å². The van der Waals surface area contributed by atoms with Crippen LogP contribution in [0.1, 0.15) is 43.5 Å². The van der Waals surface area contributed by atoms with Crippen LogP contribution >= 0.6 is 0 Å². The van der Waals surface area contributed by atoms with E-state index < -0.39 is 0 Å². The highest BCUT2D eigenvalue weighted by Gasteiger charge is 2.33. The molecule has 116 valence electrons. The number of ether oxygens (including phenoxy) is 2. The van der Waals surface area contributed by atoms with Gasteiger partial charge in [0.25, 0.3) is 0 Å². The summed E-state index contributed by atoms with van der Waals surface area (Å²) in [4.78, 5) is 4.96. The fourth-order valence-corrected chi connectivity index (χ4v) is 3.73. The Bertz CT molecular complexity index is 714. The third kappa shape index (κ3) is 1.99. The van der Waals surface area contributed by atoms with E-state index in [-0.39, 0.29) is 0 Å². The number of nitrogens with zero attached hydrogens (tertiary/aromatic N) is 2. The van der Waals surface area contributed by atoms with E-state index in [0.717, 1.165) is 30.1 Å². The molecule has 3 heterocycles. The van der Waals surface area contributed by atoms with Gasteiger partial charge in [-0.05, 0) is 38.8 Å². The van der Waals surface area contributed by atoms with E-state index in [1.54, 1.807) is 0 Å². The van der Waals surface area contributed by atoms with E-state index in [1.165, 1.54) is 37.0 Å². The standard InChI is InChI=1S/C17H21N3O2/c1-2-11(1)17-19-13-9-15-16(22-8-7-21-15)10-14(13)20(17)12-3-5-18-6-4-12/h9-12,18H,1-8H2. The molecule has 2 aromatic rings. The molecule has 1 N–H and O–H groups in total. The van der Waals surface area contributed by atoms with Gasteiger partial charge in [-0.2, -0.15) is 0 Å². The van der Waals surface area contributed by atoms with Crippen LogP contribution in [0.2, 0.25) is 0 Å². The Morgan fingerprint density at radius 2 is 1.73 bits per heavy atom. The van der Waals surface area contributed by atoms with E-state index >= 15 is 0 Å². The largest absolute Gasteiger partial charge is 0.486 e. The first-order valence-corrected chi connectivity index (χ1v) is 8.42. The molecule has 1 saturated heterocycles. The molecule has 5 heteroatoms. The van der Waals surface area contributed by atoms with Gasteiger partial charge < -0.3 is 19.4 Å². The van der Waals surface area contributed by atoms with Crippen LogP contribution in [-0.2, 0) is 0 Å². The zero-order valence-electron chi connectivity index (χ0n) is 12.7. The average molecular weight is 299 g/mol. The lowest BCUT2D eigenvalue weighted by Crippen LogP contribution is -2.30. The molecule has 1 aliphatic carbocycles. The number of imidazole rings is 1. The number of aromatic nitrogens is 2. The van der Waals surface area contributed by atoms with Crippen LogP contribution in [0, 0.1) is 0 Å². The highest BCUT2D eigenvalue weighted by Crippen LogP contribution is 2.44. The number of rotatable bonds is 2. The minimum Gasteiger partial charge on any atom is -0.486 e. The van der Waals surface area contributed by atoms with Gasteiger partial charge in [-0.3, -0.25) is 0 Å². The second-order valence-electron chi connectivity index (χ2n) is 6.58. The number of nitrogens with one attached hydrogen (secondary N) is 1. The molecule has 0 unspecified atom stereocenters. The highest BCUT2D eigenvalue weighted by molar-refractivity contribution is 5.81. The van der Waals surface area contributed by atoms with Gasteiger partial charge in [0.05, 0.1) is 11.0 Å². The van der Waals surface area contributed by atoms with Gasteiger partial charge in [-0.15, -0.1) is 0 Å². The second-order valence-corrected chi connectivity index (χ2v) is 6.58. The molecular weight excluding hydrogens is 278 g/mol. The summed E-state index contributed by atoms with van der Waals surface area (Å²) in [7, 11) is 0. The highest BCUT2D eigenvalue weighted by atomic mass is 16.6. The van der Waals surface area contributed by atoms with Crippen LogP contribution in [-0.4, -0.2) is 35.9 Å². The topological polar surface area (TPSA) is 48.3 Å². The average Bonchev–Trinajstić information content (AvgIpc) is 3.35. The van der Waals surface area contributed by atoms with Crippen LogP contribution in [0.15, 0.2) is 12.1 Å². The van der Waals surface area contributed by atoms with Crippen LogP contribution in [0.3, 0.4) is 0 Å². The van der Waals surface area contributed by atoms with E-state index in [0.29, 0.717) is 25.2 Å². The van der Waals surface area contributed by atoms with Gasteiger partial charge in [-0.25, -0.2) is 4.98 Å². The molecule has 5 rings (SSSR count). The molecule has 2 fully saturated rings. The SMILES string of the molecule is c1c2c(cc3c1nc(C1CC1)n3C1CCNCC1)OCCO2. The molecule has 1 saturated carbocycles. The molecule has 22 heavy (non-hydrogen) atoms. The lowest BCUT2D eigenvalue weighted by molar-refractivity contribution is 0.172. The van der Waals surface area contributed by atoms with Crippen molar-refractivity contribution in [2.24, 2.45) is 0 Å². The molecule has 0 amide bonds. The molecule has 1 aromatic heterocycles. The maximum absolute atomic E-state index is 5.78. The Balaban J connectivity index is 1.68. The van der Waals surface area contributed by atoms with Crippen LogP contribution < -0.4 is 14.8 Å². The van der Waals surface area contributed by atoms with E-state index in [9.17, 15) is 0 Å². The summed E-state index contributed by atoms with van der Waals surface area (Å²) in [5.74, 6) is 3.65.